The van der Waals surface area contributed by atoms with Crippen molar-refractivity contribution >= 4 is 5.91 Å². The van der Waals surface area contributed by atoms with Gasteiger partial charge >= 0.3 is 0 Å². The van der Waals surface area contributed by atoms with Gasteiger partial charge < -0.3 is 24.3 Å². The molecule has 2 rings (SSSR count). The first-order chi connectivity index (χ1) is 12.1. The van der Waals surface area contributed by atoms with Crippen LogP contribution in [0.4, 0.5) is 0 Å². The minimum Gasteiger partial charge on any atom is -0.490 e. The largest absolute Gasteiger partial charge is 0.490 e. The maximum absolute atomic E-state index is 12.7. The average molecular weight is 351 g/mol. The zero-order chi connectivity index (χ0) is 18.2. The highest BCUT2D eigenvalue weighted by Gasteiger charge is 2.25. The molecule has 1 aliphatic rings. The lowest BCUT2D eigenvalue weighted by Crippen LogP contribution is -2.40. The Morgan fingerprint density at radius 3 is 2.24 bits per heavy atom. The van der Waals surface area contributed by atoms with Crippen LogP contribution in [0, 0.1) is 0 Å². The van der Waals surface area contributed by atoms with Gasteiger partial charge in [-0.25, -0.2) is 0 Å². The summed E-state index contributed by atoms with van der Waals surface area (Å²) in [4.78, 5) is 12.7. The number of nitrogens with one attached hydrogen (secondary N) is 1. The van der Waals surface area contributed by atoms with Gasteiger partial charge in [0.15, 0.2) is 11.5 Å². The predicted octanol–water partition coefficient (Wildman–Crippen LogP) is 3.18. The molecule has 1 fully saturated rings. The van der Waals surface area contributed by atoms with Gasteiger partial charge in [0.25, 0.3) is 5.91 Å². The Hall–Kier alpha value is -1.95. The molecule has 6 nitrogen and oxygen atoms in total. The van der Waals surface area contributed by atoms with E-state index < -0.39 is 0 Å². The quantitative estimate of drug-likeness (QED) is 0.740. The fourth-order valence-electron chi connectivity index (χ4n) is 2.90. The first-order valence-electron chi connectivity index (χ1n) is 9.09. The van der Waals surface area contributed by atoms with E-state index >= 15 is 0 Å². The highest BCUT2D eigenvalue weighted by Crippen LogP contribution is 2.39. The fraction of sp³-hybridized carbons (Fsp3) is 0.632. The Morgan fingerprint density at radius 2 is 1.76 bits per heavy atom. The number of hydrogen-bond acceptors (Lipinski definition) is 5. The lowest BCUT2D eigenvalue weighted by Gasteiger charge is -2.21. The molecular weight excluding hydrogens is 322 g/mol. The molecule has 0 aliphatic carbocycles. The van der Waals surface area contributed by atoms with Gasteiger partial charge in [0.05, 0.1) is 32.0 Å². The van der Waals surface area contributed by atoms with Crippen LogP contribution in [0.15, 0.2) is 12.1 Å². The minimum atomic E-state index is -0.173. The second-order valence-corrected chi connectivity index (χ2v) is 5.91. The SMILES string of the molecule is CCOc1cc(C(=O)N[C@H](C)[C@@H]2CCCO2)cc(OCC)c1OCC. The van der Waals surface area contributed by atoms with E-state index in [1.54, 1.807) is 12.1 Å². The molecule has 0 radical (unpaired) electrons. The molecule has 0 bridgehead atoms. The van der Waals surface area contributed by atoms with Gasteiger partial charge in [-0.05, 0) is 52.7 Å². The van der Waals surface area contributed by atoms with Gasteiger partial charge in [0, 0.05) is 12.2 Å². The first kappa shape index (κ1) is 19.4. The monoisotopic (exact) mass is 351 g/mol. The molecule has 1 saturated heterocycles. The van der Waals surface area contributed by atoms with Crippen LogP contribution in [0.25, 0.3) is 0 Å². The summed E-state index contributed by atoms with van der Waals surface area (Å²) < 4.78 is 22.6. The molecule has 0 spiro atoms. The fourth-order valence-corrected chi connectivity index (χ4v) is 2.90. The molecule has 140 valence electrons. The standard InChI is InChI=1S/C19H29NO5/c1-5-22-16-11-14(12-17(23-6-2)18(16)24-7-3)19(21)20-13(4)15-9-8-10-25-15/h11-13,15H,5-10H2,1-4H3,(H,20,21)/t13-,15+/m1/s1. The van der Waals surface area contributed by atoms with Crippen molar-refractivity contribution in [2.24, 2.45) is 0 Å². The van der Waals surface area contributed by atoms with Crippen LogP contribution in [0.5, 0.6) is 17.2 Å². The summed E-state index contributed by atoms with van der Waals surface area (Å²) in [5.74, 6) is 1.40. The molecule has 6 heteroatoms. The van der Waals surface area contributed by atoms with Crippen molar-refractivity contribution in [3.63, 3.8) is 0 Å². The summed E-state index contributed by atoms with van der Waals surface area (Å²) >= 11 is 0. The Morgan fingerprint density at radius 1 is 1.16 bits per heavy atom. The van der Waals surface area contributed by atoms with E-state index in [2.05, 4.69) is 5.32 Å². The number of benzene rings is 1. The summed E-state index contributed by atoms with van der Waals surface area (Å²) in [6.07, 6.45) is 2.08. The number of hydrogen-bond donors (Lipinski definition) is 1. The Labute approximate surface area is 149 Å². The topological polar surface area (TPSA) is 66.0 Å². The van der Waals surface area contributed by atoms with E-state index in [1.165, 1.54) is 0 Å². The summed E-state index contributed by atoms with van der Waals surface area (Å²) in [6, 6.07) is 3.36. The lowest BCUT2D eigenvalue weighted by molar-refractivity contribution is 0.0712. The van der Waals surface area contributed by atoms with Crippen molar-refractivity contribution in [2.45, 2.75) is 52.7 Å². The van der Waals surface area contributed by atoms with Crippen molar-refractivity contribution in [1.82, 2.24) is 5.32 Å². The van der Waals surface area contributed by atoms with Crippen LogP contribution >= 0.6 is 0 Å². The average Bonchev–Trinajstić information content (AvgIpc) is 3.12. The van der Waals surface area contributed by atoms with E-state index in [-0.39, 0.29) is 18.1 Å². The third-order valence-corrected chi connectivity index (χ3v) is 4.05. The summed E-state index contributed by atoms with van der Waals surface area (Å²) in [5, 5.41) is 3.01. The zero-order valence-corrected chi connectivity index (χ0v) is 15.6. The lowest BCUT2D eigenvalue weighted by atomic mass is 10.1. The highest BCUT2D eigenvalue weighted by atomic mass is 16.5. The second kappa shape index (κ2) is 9.51. The molecule has 1 N–H and O–H groups in total. The van der Waals surface area contributed by atoms with Crippen molar-refractivity contribution in [2.75, 3.05) is 26.4 Å². The second-order valence-electron chi connectivity index (χ2n) is 5.91. The number of carbonyl (C=O) groups excluding carboxylic acids is 1. The van der Waals surface area contributed by atoms with E-state index in [0.717, 1.165) is 19.4 Å². The molecule has 0 saturated carbocycles. The van der Waals surface area contributed by atoms with E-state index in [0.29, 0.717) is 42.6 Å². The summed E-state index contributed by atoms with van der Waals surface area (Å²) in [6.45, 7) is 9.85. The summed E-state index contributed by atoms with van der Waals surface area (Å²) in [7, 11) is 0. The number of ether oxygens (including phenoxy) is 4. The molecule has 2 atom stereocenters. The van der Waals surface area contributed by atoms with Crippen molar-refractivity contribution in [1.29, 1.82) is 0 Å². The predicted molar refractivity (Wildman–Crippen MR) is 95.9 cm³/mol. The molecule has 0 unspecified atom stereocenters. The van der Waals surface area contributed by atoms with Crippen LogP contribution in [-0.2, 0) is 4.74 Å². The van der Waals surface area contributed by atoms with Crippen molar-refractivity contribution in [3.05, 3.63) is 17.7 Å². The smallest absolute Gasteiger partial charge is 0.251 e. The minimum absolute atomic E-state index is 0.0485. The van der Waals surface area contributed by atoms with E-state index in [9.17, 15) is 4.79 Å². The van der Waals surface area contributed by atoms with Gasteiger partial charge in [-0.2, -0.15) is 0 Å². The Kier molecular flexibility index (Phi) is 7.37. The maximum Gasteiger partial charge on any atom is 0.251 e. The van der Waals surface area contributed by atoms with Gasteiger partial charge in [0.2, 0.25) is 5.75 Å². The third-order valence-electron chi connectivity index (χ3n) is 4.05. The Bertz CT molecular complexity index is 542. The van der Waals surface area contributed by atoms with Gasteiger partial charge in [0.1, 0.15) is 0 Å². The van der Waals surface area contributed by atoms with Crippen LogP contribution in [0.1, 0.15) is 50.9 Å². The number of rotatable bonds is 9. The molecule has 1 aromatic rings. The van der Waals surface area contributed by atoms with Crippen LogP contribution in [-0.4, -0.2) is 44.5 Å². The van der Waals surface area contributed by atoms with E-state index in [4.69, 9.17) is 18.9 Å². The molecule has 1 amide bonds. The first-order valence-corrected chi connectivity index (χ1v) is 9.09. The molecule has 25 heavy (non-hydrogen) atoms. The van der Waals surface area contributed by atoms with Gasteiger partial charge in [-0.15, -0.1) is 0 Å². The van der Waals surface area contributed by atoms with Crippen LogP contribution in [0.2, 0.25) is 0 Å². The van der Waals surface area contributed by atoms with E-state index in [1.807, 2.05) is 27.7 Å². The van der Waals surface area contributed by atoms with Gasteiger partial charge in [-0.3, -0.25) is 4.79 Å². The number of amides is 1. The maximum atomic E-state index is 12.7. The molecular formula is C19H29NO5. The molecule has 1 aromatic carbocycles. The highest BCUT2D eigenvalue weighted by molar-refractivity contribution is 5.95. The van der Waals surface area contributed by atoms with Crippen LogP contribution in [0.3, 0.4) is 0 Å². The third kappa shape index (κ3) is 5.01. The molecule has 0 aromatic heterocycles. The normalized spacial score (nSPS) is 17.8. The zero-order valence-electron chi connectivity index (χ0n) is 15.6. The molecule has 1 aliphatic heterocycles. The van der Waals surface area contributed by atoms with Crippen molar-refractivity contribution in [3.8, 4) is 17.2 Å². The Balaban J connectivity index is 2.24. The summed E-state index contributed by atoms with van der Waals surface area (Å²) in [5.41, 5.74) is 0.486. The van der Waals surface area contributed by atoms with Crippen LogP contribution < -0.4 is 19.5 Å². The van der Waals surface area contributed by atoms with Gasteiger partial charge in [-0.1, -0.05) is 0 Å². The molecule has 1 heterocycles. The number of carbonyl (C=O) groups is 1. The van der Waals surface area contributed by atoms with Crippen molar-refractivity contribution < 1.29 is 23.7 Å².